The van der Waals surface area contributed by atoms with Gasteiger partial charge in [0.2, 0.25) is 0 Å². The van der Waals surface area contributed by atoms with Crippen LogP contribution < -0.4 is 11.1 Å². The van der Waals surface area contributed by atoms with Crippen LogP contribution in [0.2, 0.25) is 0 Å². The number of carboxylic acids is 1. The molecule has 0 fully saturated rings. The SMILES string of the molecule is CC(CCCC(C)C(=O)O)NC(=O)c1ccc(N)cc1. The Hall–Kier alpha value is -2.04. The molecule has 110 valence electrons. The van der Waals surface area contributed by atoms with Crippen LogP contribution in [0.3, 0.4) is 0 Å². The van der Waals surface area contributed by atoms with Gasteiger partial charge in [0.15, 0.2) is 0 Å². The average molecular weight is 278 g/mol. The number of hydrogen-bond donors (Lipinski definition) is 3. The van der Waals surface area contributed by atoms with E-state index >= 15 is 0 Å². The molecular weight excluding hydrogens is 256 g/mol. The number of amides is 1. The third kappa shape index (κ3) is 5.30. The van der Waals surface area contributed by atoms with E-state index in [1.807, 2.05) is 6.92 Å². The molecule has 1 amide bonds. The highest BCUT2D eigenvalue weighted by molar-refractivity contribution is 5.94. The molecule has 0 heterocycles. The predicted molar refractivity (Wildman–Crippen MR) is 78.4 cm³/mol. The van der Waals surface area contributed by atoms with Crippen LogP contribution >= 0.6 is 0 Å². The Bertz CT molecular complexity index is 457. The van der Waals surface area contributed by atoms with Gasteiger partial charge in [-0.3, -0.25) is 9.59 Å². The van der Waals surface area contributed by atoms with Crippen molar-refractivity contribution in [1.82, 2.24) is 5.32 Å². The van der Waals surface area contributed by atoms with Crippen LogP contribution in [0.15, 0.2) is 24.3 Å². The molecule has 4 N–H and O–H groups in total. The van der Waals surface area contributed by atoms with Crippen LogP contribution in [0.4, 0.5) is 5.69 Å². The first-order chi connectivity index (χ1) is 9.40. The Kier molecular flexibility index (Phi) is 6.03. The summed E-state index contributed by atoms with van der Waals surface area (Å²) in [5.74, 6) is -1.25. The highest BCUT2D eigenvalue weighted by Gasteiger charge is 2.13. The number of carboxylic acid groups (broad SMARTS) is 1. The summed E-state index contributed by atoms with van der Waals surface area (Å²) in [6.07, 6.45) is 2.16. The molecule has 1 aromatic carbocycles. The van der Waals surface area contributed by atoms with Gasteiger partial charge in [0.1, 0.15) is 0 Å². The number of anilines is 1. The molecule has 0 saturated carbocycles. The van der Waals surface area contributed by atoms with Crippen molar-refractivity contribution >= 4 is 17.6 Å². The zero-order valence-corrected chi connectivity index (χ0v) is 11.9. The second kappa shape index (κ2) is 7.53. The van der Waals surface area contributed by atoms with Crippen LogP contribution in [0.1, 0.15) is 43.5 Å². The standard InChI is InChI=1S/C15H22N2O3/c1-10(15(19)20)4-3-5-11(2)17-14(18)12-6-8-13(16)9-7-12/h6-11H,3-5,16H2,1-2H3,(H,17,18)(H,19,20). The van der Waals surface area contributed by atoms with Gasteiger partial charge < -0.3 is 16.2 Å². The zero-order chi connectivity index (χ0) is 15.1. The summed E-state index contributed by atoms with van der Waals surface area (Å²) in [4.78, 5) is 22.6. The number of benzene rings is 1. The summed E-state index contributed by atoms with van der Waals surface area (Å²) in [7, 11) is 0. The molecule has 0 radical (unpaired) electrons. The van der Waals surface area contributed by atoms with Gasteiger partial charge >= 0.3 is 5.97 Å². The van der Waals surface area contributed by atoms with Gasteiger partial charge in [-0.15, -0.1) is 0 Å². The minimum Gasteiger partial charge on any atom is -0.481 e. The average Bonchev–Trinajstić information content (AvgIpc) is 2.39. The quantitative estimate of drug-likeness (QED) is 0.667. The Labute approximate surface area is 119 Å². The number of nitrogens with one attached hydrogen (secondary N) is 1. The maximum Gasteiger partial charge on any atom is 0.306 e. The van der Waals surface area contributed by atoms with E-state index in [1.165, 1.54) is 0 Å². The Morgan fingerprint density at radius 1 is 1.20 bits per heavy atom. The lowest BCUT2D eigenvalue weighted by molar-refractivity contribution is -0.141. The molecule has 1 aromatic rings. The van der Waals surface area contributed by atoms with Crippen LogP contribution in [0.5, 0.6) is 0 Å². The molecule has 0 saturated heterocycles. The largest absolute Gasteiger partial charge is 0.481 e. The Morgan fingerprint density at radius 3 is 2.35 bits per heavy atom. The second-order valence-electron chi connectivity index (χ2n) is 5.17. The predicted octanol–water partition coefficient (Wildman–Crippen LogP) is 2.28. The van der Waals surface area contributed by atoms with Crippen molar-refractivity contribution in [3.8, 4) is 0 Å². The molecule has 0 bridgehead atoms. The third-order valence-electron chi connectivity index (χ3n) is 3.25. The van der Waals surface area contributed by atoms with Gasteiger partial charge in [-0.2, -0.15) is 0 Å². The summed E-state index contributed by atoms with van der Waals surface area (Å²) < 4.78 is 0. The number of nitrogens with two attached hydrogens (primary N) is 1. The lowest BCUT2D eigenvalue weighted by atomic mass is 10.0. The van der Waals surface area contributed by atoms with Crippen molar-refractivity contribution < 1.29 is 14.7 Å². The van der Waals surface area contributed by atoms with Crippen LogP contribution in [0.25, 0.3) is 0 Å². The van der Waals surface area contributed by atoms with Crippen LogP contribution in [-0.4, -0.2) is 23.0 Å². The van der Waals surface area contributed by atoms with E-state index in [9.17, 15) is 9.59 Å². The highest BCUT2D eigenvalue weighted by Crippen LogP contribution is 2.10. The maximum atomic E-state index is 11.9. The fourth-order valence-electron chi connectivity index (χ4n) is 1.87. The molecule has 0 spiro atoms. The molecule has 0 aliphatic rings. The summed E-state index contributed by atoms with van der Waals surface area (Å²) in [6, 6.07) is 6.76. The first-order valence-corrected chi connectivity index (χ1v) is 6.79. The van der Waals surface area contributed by atoms with Crippen LogP contribution in [-0.2, 0) is 4.79 Å². The Balaban J connectivity index is 2.35. The fraction of sp³-hybridized carbons (Fsp3) is 0.467. The lowest BCUT2D eigenvalue weighted by Crippen LogP contribution is -2.32. The topological polar surface area (TPSA) is 92.4 Å². The van der Waals surface area contributed by atoms with Gasteiger partial charge in [-0.25, -0.2) is 0 Å². The molecule has 0 aliphatic heterocycles. The van der Waals surface area contributed by atoms with Gasteiger partial charge in [-0.05, 0) is 44.0 Å². The van der Waals surface area contributed by atoms with Gasteiger partial charge in [0, 0.05) is 17.3 Å². The molecule has 20 heavy (non-hydrogen) atoms. The van der Waals surface area contributed by atoms with E-state index in [2.05, 4.69) is 5.32 Å². The zero-order valence-electron chi connectivity index (χ0n) is 11.9. The van der Waals surface area contributed by atoms with E-state index in [0.29, 0.717) is 17.7 Å². The summed E-state index contributed by atoms with van der Waals surface area (Å²) in [6.45, 7) is 3.61. The van der Waals surface area contributed by atoms with E-state index in [1.54, 1.807) is 31.2 Å². The van der Waals surface area contributed by atoms with Crippen molar-refractivity contribution in [3.05, 3.63) is 29.8 Å². The van der Waals surface area contributed by atoms with Gasteiger partial charge in [0.25, 0.3) is 5.91 Å². The number of carbonyl (C=O) groups is 2. The monoisotopic (exact) mass is 278 g/mol. The van der Waals surface area contributed by atoms with E-state index in [0.717, 1.165) is 12.8 Å². The highest BCUT2D eigenvalue weighted by atomic mass is 16.4. The molecule has 0 aromatic heterocycles. The molecule has 2 unspecified atom stereocenters. The normalized spacial score (nSPS) is 13.5. The summed E-state index contributed by atoms with van der Waals surface area (Å²) in [5.41, 5.74) is 6.76. The smallest absolute Gasteiger partial charge is 0.306 e. The number of aliphatic carboxylic acids is 1. The van der Waals surface area contributed by atoms with E-state index in [4.69, 9.17) is 10.8 Å². The third-order valence-corrected chi connectivity index (χ3v) is 3.25. The lowest BCUT2D eigenvalue weighted by Gasteiger charge is -2.14. The van der Waals surface area contributed by atoms with Gasteiger partial charge in [0.05, 0.1) is 5.92 Å². The molecular formula is C15H22N2O3. The first kappa shape index (κ1) is 16.0. The van der Waals surface area contributed by atoms with E-state index in [-0.39, 0.29) is 17.9 Å². The van der Waals surface area contributed by atoms with Crippen molar-refractivity contribution in [3.63, 3.8) is 0 Å². The second-order valence-corrected chi connectivity index (χ2v) is 5.17. The molecule has 5 nitrogen and oxygen atoms in total. The van der Waals surface area contributed by atoms with Crippen LogP contribution in [0, 0.1) is 5.92 Å². The number of hydrogen-bond acceptors (Lipinski definition) is 3. The van der Waals surface area contributed by atoms with Crippen molar-refractivity contribution in [1.29, 1.82) is 0 Å². The Morgan fingerprint density at radius 2 is 1.80 bits per heavy atom. The first-order valence-electron chi connectivity index (χ1n) is 6.79. The molecule has 5 heteroatoms. The minimum absolute atomic E-state index is 0.0149. The number of rotatable bonds is 7. The molecule has 1 rings (SSSR count). The number of nitrogen functional groups attached to an aromatic ring is 1. The summed E-state index contributed by atoms with van der Waals surface area (Å²) >= 11 is 0. The fourth-order valence-corrected chi connectivity index (χ4v) is 1.87. The molecule has 0 aliphatic carbocycles. The van der Waals surface area contributed by atoms with Crippen molar-refractivity contribution in [2.75, 3.05) is 5.73 Å². The molecule has 2 atom stereocenters. The van der Waals surface area contributed by atoms with Crippen molar-refractivity contribution in [2.24, 2.45) is 5.92 Å². The van der Waals surface area contributed by atoms with Crippen molar-refractivity contribution in [2.45, 2.75) is 39.2 Å². The van der Waals surface area contributed by atoms with E-state index < -0.39 is 5.97 Å². The van der Waals surface area contributed by atoms with Gasteiger partial charge in [-0.1, -0.05) is 13.3 Å². The summed E-state index contributed by atoms with van der Waals surface area (Å²) in [5, 5.41) is 11.7. The number of carbonyl (C=O) groups excluding carboxylic acids is 1. The maximum absolute atomic E-state index is 11.9. The minimum atomic E-state index is -0.774.